The van der Waals surface area contributed by atoms with Crippen molar-refractivity contribution >= 4 is 15.3 Å². The van der Waals surface area contributed by atoms with Crippen LogP contribution in [0.2, 0.25) is 6.82 Å². The van der Waals surface area contributed by atoms with Crippen molar-refractivity contribution in [2.45, 2.75) is 37.8 Å². The van der Waals surface area contributed by atoms with E-state index >= 15 is 0 Å². The number of rotatable bonds is 7. The highest BCUT2D eigenvalue weighted by Gasteiger charge is 2.53. The predicted molar refractivity (Wildman–Crippen MR) is 63.5 cm³/mol. The molecule has 1 fully saturated rings. The van der Waals surface area contributed by atoms with Crippen LogP contribution in [0.15, 0.2) is 0 Å². The van der Waals surface area contributed by atoms with Gasteiger partial charge < -0.3 is 24.0 Å². The Bertz CT molecular complexity index is 257. The Kier molecular flexibility index (Phi) is 4.16. The van der Waals surface area contributed by atoms with Crippen molar-refractivity contribution in [3.05, 3.63) is 0 Å². The highest BCUT2D eigenvalue weighted by molar-refractivity contribution is 6.24. The Hall–Kier alpha value is -0.0701. The average Bonchev–Trinajstić information content (AvgIpc) is 2.52. The Morgan fingerprint density at radius 3 is 3.06 bits per heavy atom. The Morgan fingerprint density at radius 1 is 1.75 bits per heavy atom. The molecule has 4 atom stereocenters. The van der Waals surface area contributed by atoms with Gasteiger partial charge in [-0.05, 0) is 8.26 Å². The van der Waals surface area contributed by atoms with Gasteiger partial charge >= 0.3 is 0 Å². The summed E-state index contributed by atoms with van der Waals surface area (Å²) in [4.78, 5) is 0. The molecule has 0 saturated carbocycles. The van der Waals surface area contributed by atoms with Crippen LogP contribution in [-0.4, -0.2) is 67.4 Å². The second kappa shape index (κ2) is 6.02. The summed E-state index contributed by atoms with van der Waals surface area (Å²) in [5.41, 5.74) is -1.33. The van der Waals surface area contributed by atoms with Crippen LogP contribution < -0.4 is 0 Å². The SMILES string of the molecule is [2H]BCOC[C@H]1OC(OC)C(C)(O)[C@@H]1OB([2H])C. The van der Waals surface area contributed by atoms with Crippen LogP contribution in [0.3, 0.4) is 0 Å². The third kappa shape index (κ3) is 2.78. The van der Waals surface area contributed by atoms with Gasteiger partial charge in [0.1, 0.15) is 25.6 Å². The lowest BCUT2D eigenvalue weighted by Gasteiger charge is -2.29. The molecule has 1 heterocycles. The van der Waals surface area contributed by atoms with E-state index in [1.54, 1.807) is 13.7 Å². The minimum atomic E-state index is -1.33. The molecule has 1 aliphatic heterocycles. The number of aliphatic hydroxyl groups is 1. The van der Waals surface area contributed by atoms with E-state index in [0.717, 1.165) is 0 Å². The molecule has 0 amide bonds. The summed E-state index contributed by atoms with van der Waals surface area (Å²) in [6.45, 7) is 3.62. The van der Waals surface area contributed by atoms with Gasteiger partial charge in [0.25, 0.3) is 7.45 Å². The summed E-state index contributed by atoms with van der Waals surface area (Å²) in [7, 11) is 0.823. The second-order valence-electron chi connectivity index (χ2n) is 3.84. The van der Waals surface area contributed by atoms with Crippen LogP contribution in [0.5, 0.6) is 0 Å². The molecule has 1 rings (SSSR count). The first kappa shape index (κ1) is 11.0. The zero-order valence-electron chi connectivity index (χ0n) is 12.0. The van der Waals surface area contributed by atoms with E-state index in [1.165, 1.54) is 7.11 Å². The molecular formula is C9H20B2O5. The molecule has 0 aromatic heterocycles. The molecule has 1 saturated heterocycles. The van der Waals surface area contributed by atoms with Crippen molar-refractivity contribution in [2.75, 3.05) is 20.2 Å². The molecular weight excluding hydrogens is 210 g/mol. The van der Waals surface area contributed by atoms with Crippen molar-refractivity contribution in [1.82, 2.24) is 0 Å². The van der Waals surface area contributed by atoms with Crippen LogP contribution in [0.25, 0.3) is 0 Å². The van der Waals surface area contributed by atoms with Gasteiger partial charge in [0.15, 0.2) is 6.29 Å². The maximum Gasteiger partial charge on any atom is 0.272 e. The molecule has 16 heavy (non-hydrogen) atoms. The lowest BCUT2D eigenvalue weighted by Crippen LogP contribution is -2.48. The fourth-order valence-electron chi connectivity index (χ4n) is 1.87. The standard InChI is InChI=1S/C9H20B2O5/c1-9(12)7(16-11-2)6(4-14-5-10)15-8(9)13-3/h6-8,11-12H,4-5,10H2,1-3H3/t6-,7-,8?,9?/m1/s1/i10D,11D. The minimum Gasteiger partial charge on any atom is -0.432 e. The minimum absolute atomic E-state index is 0.164. The third-order valence-electron chi connectivity index (χ3n) is 2.61. The van der Waals surface area contributed by atoms with E-state index in [2.05, 4.69) is 0 Å². The van der Waals surface area contributed by atoms with Crippen molar-refractivity contribution in [3.63, 3.8) is 0 Å². The smallest absolute Gasteiger partial charge is 0.272 e. The Labute approximate surface area is 101 Å². The lowest BCUT2D eigenvalue weighted by molar-refractivity contribution is -0.187. The monoisotopic (exact) mass is 232 g/mol. The van der Waals surface area contributed by atoms with Crippen molar-refractivity contribution in [1.29, 1.82) is 2.67 Å². The summed E-state index contributed by atoms with van der Waals surface area (Å²) < 4.78 is 35.7. The Morgan fingerprint density at radius 2 is 2.50 bits per heavy atom. The molecule has 0 aromatic rings. The van der Waals surface area contributed by atoms with Gasteiger partial charge in [-0.25, -0.2) is 0 Å². The molecule has 1 aliphatic rings. The van der Waals surface area contributed by atoms with Crippen LogP contribution in [0.1, 0.15) is 6.92 Å². The number of hydrogen-bond acceptors (Lipinski definition) is 5. The van der Waals surface area contributed by atoms with Crippen LogP contribution >= 0.6 is 0 Å². The molecule has 0 radical (unpaired) electrons. The van der Waals surface area contributed by atoms with Gasteiger partial charge in [0.05, 0.1) is 6.61 Å². The molecule has 7 heteroatoms. The average molecular weight is 232 g/mol. The lowest BCUT2D eigenvalue weighted by atomic mass is 9.94. The van der Waals surface area contributed by atoms with E-state index in [1.807, 2.05) is 0 Å². The van der Waals surface area contributed by atoms with E-state index in [0.29, 0.717) is 6.51 Å². The Balaban J connectivity index is 2.68. The first-order chi connectivity index (χ1) is 8.43. The normalized spacial score (nSPS) is 40.4. The van der Waals surface area contributed by atoms with Gasteiger partial charge in [-0.15, -0.1) is 0 Å². The summed E-state index contributed by atoms with van der Waals surface area (Å²) in [6.07, 6.45) is -2.02. The zero-order valence-corrected chi connectivity index (χ0v) is 10.0. The molecule has 2 unspecified atom stereocenters. The summed E-state index contributed by atoms with van der Waals surface area (Å²) >= 11 is 0. The molecule has 0 spiro atoms. The molecule has 5 nitrogen and oxygen atoms in total. The fraction of sp³-hybridized carbons (Fsp3) is 1.00. The topological polar surface area (TPSA) is 57.2 Å². The molecule has 0 aromatic carbocycles. The number of ether oxygens (including phenoxy) is 3. The molecule has 0 bridgehead atoms. The predicted octanol–water partition coefficient (Wildman–Crippen LogP) is -1.50. The maximum atomic E-state index is 10.3. The largest absolute Gasteiger partial charge is 0.432 e. The van der Waals surface area contributed by atoms with Crippen LogP contribution in [0, 0.1) is 0 Å². The van der Waals surface area contributed by atoms with Gasteiger partial charge in [-0.1, -0.05) is 6.82 Å². The highest BCUT2D eigenvalue weighted by Crippen LogP contribution is 2.33. The van der Waals surface area contributed by atoms with E-state index in [4.69, 9.17) is 21.5 Å². The van der Waals surface area contributed by atoms with E-state index in [-0.39, 0.29) is 14.4 Å². The molecule has 92 valence electrons. The van der Waals surface area contributed by atoms with Crippen molar-refractivity contribution in [2.24, 2.45) is 0 Å². The quantitative estimate of drug-likeness (QED) is 0.427. The third-order valence-corrected chi connectivity index (χ3v) is 2.61. The number of hydrogen-bond donors (Lipinski definition) is 1. The number of methoxy groups -OCH3 is 1. The second-order valence-corrected chi connectivity index (χ2v) is 3.84. The first-order valence-electron chi connectivity index (χ1n) is 6.57. The summed E-state index contributed by atoms with van der Waals surface area (Å²) in [6, 6.07) is 0. The molecule has 1 N–H and O–H groups in total. The van der Waals surface area contributed by atoms with Gasteiger partial charge in [0.2, 0.25) is 0 Å². The van der Waals surface area contributed by atoms with Crippen LogP contribution in [0.4, 0.5) is 0 Å². The van der Waals surface area contributed by atoms with Gasteiger partial charge in [-0.2, -0.15) is 0 Å². The van der Waals surface area contributed by atoms with Gasteiger partial charge in [-0.3, -0.25) is 0 Å². The maximum absolute atomic E-state index is 10.3. The van der Waals surface area contributed by atoms with Crippen molar-refractivity contribution < 1.29 is 24.0 Å². The van der Waals surface area contributed by atoms with E-state index in [9.17, 15) is 5.11 Å². The summed E-state index contributed by atoms with van der Waals surface area (Å²) in [5.74, 6) is 0. The van der Waals surface area contributed by atoms with Crippen molar-refractivity contribution in [3.8, 4) is 0 Å². The first-order valence-corrected chi connectivity index (χ1v) is 5.28. The van der Waals surface area contributed by atoms with Crippen LogP contribution in [-0.2, 0) is 18.9 Å². The van der Waals surface area contributed by atoms with E-state index < -0.39 is 31.5 Å². The summed E-state index contributed by atoms with van der Waals surface area (Å²) in [5, 5.41) is 10.3. The highest BCUT2D eigenvalue weighted by atomic mass is 16.7. The zero-order chi connectivity index (χ0) is 13.8. The van der Waals surface area contributed by atoms with Gasteiger partial charge in [0, 0.05) is 15.0 Å². The molecule has 0 aliphatic carbocycles. The fourth-order valence-corrected chi connectivity index (χ4v) is 1.87.